The van der Waals surface area contributed by atoms with Crippen molar-refractivity contribution in [2.45, 2.75) is 11.3 Å². The van der Waals surface area contributed by atoms with E-state index in [2.05, 4.69) is 20.8 Å². The van der Waals surface area contributed by atoms with E-state index in [1.165, 1.54) is 40.7 Å². The lowest BCUT2D eigenvalue weighted by Crippen LogP contribution is -2.16. The summed E-state index contributed by atoms with van der Waals surface area (Å²) in [6.45, 7) is 1.96. The lowest BCUT2D eigenvalue weighted by atomic mass is 10.1. The van der Waals surface area contributed by atoms with Crippen LogP contribution in [0.5, 0.6) is 0 Å². The Labute approximate surface area is 196 Å². The molecule has 0 unspecified atom stereocenters. The molecular weight excluding hydrogens is 468 g/mol. The molecule has 4 aromatic rings. The third-order valence-corrected chi connectivity index (χ3v) is 6.94. The largest absolute Gasteiger partial charge is 0.464 e. The highest BCUT2D eigenvalue weighted by molar-refractivity contribution is 8.01. The van der Waals surface area contributed by atoms with Crippen LogP contribution >= 0.6 is 34.4 Å². The van der Waals surface area contributed by atoms with Crippen LogP contribution in [0, 0.1) is 0 Å². The van der Waals surface area contributed by atoms with E-state index >= 15 is 0 Å². The normalized spacial score (nSPS) is 10.7. The third-order valence-electron chi connectivity index (χ3n) is 4.07. The number of thioether (sulfide) groups is 1. The first-order chi connectivity index (χ1) is 15.6. The molecular formula is C21H18N4O4S3. The van der Waals surface area contributed by atoms with Gasteiger partial charge in [0.05, 0.1) is 18.6 Å². The highest BCUT2D eigenvalue weighted by Crippen LogP contribution is 2.37. The molecule has 0 aliphatic carbocycles. The van der Waals surface area contributed by atoms with Gasteiger partial charge in [0, 0.05) is 16.6 Å². The van der Waals surface area contributed by atoms with E-state index in [0.29, 0.717) is 25.8 Å². The molecule has 0 bridgehead atoms. The quantitative estimate of drug-likeness (QED) is 0.236. The Bertz CT molecular complexity index is 1190. The number of nitrogens with one attached hydrogen (secondary N) is 2. The Morgan fingerprint density at radius 1 is 1.16 bits per heavy atom. The third kappa shape index (κ3) is 5.36. The van der Waals surface area contributed by atoms with Crippen LogP contribution in [0.3, 0.4) is 0 Å². The number of esters is 1. The number of carbonyl (C=O) groups excluding carboxylic acids is 2. The number of furan rings is 1. The fourth-order valence-electron chi connectivity index (χ4n) is 2.72. The molecule has 8 nitrogen and oxygen atoms in total. The van der Waals surface area contributed by atoms with Gasteiger partial charge in [-0.15, -0.1) is 21.5 Å². The molecule has 3 aromatic heterocycles. The van der Waals surface area contributed by atoms with Gasteiger partial charge < -0.3 is 19.8 Å². The number of carbonyl (C=O) groups is 2. The van der Waals surface area contributed by atoms with Crippen molar-refractivity contribution in [2.75, 3.05) is 23.0 Å². The molecule has 3 heterocycles. The number of para-hydroxylation sites is 1. The summed E-state index contributed by atoms with van der Waals surface area (Å²) in [7, 11) is 0. The molecule has 0 saturated heterocycles. The minimum absolute atomic E-state index is 0.121. The van der Waals surface area contributed by atoms with Gasteiger partial charge in [-0.25, -0.2) is 4.79 Å². The van der Waals surface area contributed by atoms with E-state index in [0.717, 1.165) is 5.69 Å². The van der Waals surface area contributed by atoms with Gasteiger partial charge in [0.25, 0.3) is 0 Å². The van der Waals surface area contributed by atoms with E-state index in [9.17, 15) is 9.59 Å². The molecule has 1 amide bonds. The topological polar surface area (TPSA) is 106 Å². The Morgan fingerprint density at radius 3 is 2.75 bits per heavy atom. The fourth-order valence-corrected chi connectivity index (χ4v) is 5.25. The number of amides is 1. The molecule has 32 heavy (non-hydrogen) atoms. The van der Waals surface area contributed by atoms with Gasteiger partial charge in [-0.3, -0.25) is 4.79 Å². The monoisotopic (exact) mass is 486 g/mol. The van der Waals surface area contributed by atoms with Crippen molar-refractivity contribution >= 4 is 62.1 Å². The molecule has 11 heteroatoms. The fraction of sp³-hybridized carbons (Fsp3) is 0.143. The van der Waals surface area contributed by atoms with Gasteiger partial charge in [0.1, 0.15) is 16.3 Å². The molecule has 164 valence electrons. The summed E-state index contributed by atoms with van der Waals surface area (Å²) in [6.07, 6.45) is 1.53. The summed E-state index contributed by atoms with van der Waals surface area (Å²) >= 11 is 3.88. The Hall–Kier alpha value is -3.15. The van der Waals surface area contributed by atoms with E-state index in [4.69, 9.17) is 9.15 Å². The summed E-state index contributed by atoms with van der Waals surface area (Å²) in [5.41, 5.74) is 1.78. The Kier molecular flexibility index (Phi) is 7.20. The van der Waals surface area contributed by atoms with Crippen LogP contribution < -0.4 is 10.6 Å². The SMILES string of the molecule is CCOC(=O)c1c(-c2ccco2)csc1NC(=O)CSc1nnc(Nc2ccccc2)s1. The van der Waals surface area contributed by atoms with Crippen LogP contribution in [0.2, 0.25) is 0 Å². The number of nitrogens with zero attached hydrogens (tertiary/aromatic N) is 2. The number of aromatic nitrogens is 2. The summed E-state index contributed by atoms with van der Waals surface area (Å²) in [5, 5.41) is 17.0. The second kappa shape index (κ2) is 10.4. The van der Waals surface area contributed by atoms with E-state index < -0.39 is 5.97 Å². The first kappa shape index (κ1) is 22.1. The Balaban J connectivity index is 1.40. The number of ether oxygens (including phenoxy) is 1. The molecule has 0 fully saturated rings. The first-order valence-corrected chi connectivity index (χ1v) is 12.2. The van der Waals surface area contributed by atoms with E-state index in [1.54, 1.807) is 24.4 Å². The smallest absolute Gasteiger partial charge is 0.341 e. The predicted molar refractivity (Wildman–Crippen MR) is 127 cm³/mol. The van der Waals surface area contributed by atoms with Gasteiger partial charge in [-0.2, -0.15) is 0 Å². The van der Waals surface area contributed by atoms with Crippen molar-refractivity contribution in [3.8, 4) is 11.3 Å². The van der Waals surface area contributed by atoms with E-state index in [-0.39, 0.29) is 23.8 Å². The number of anilines is 3. The summed E-state index contributed by atoms with van der Waals surface area (Å²) in [4.78, 5) is 25.1. The zero-order valence-electron chi connectivity index (χ0n) is 16.9. The minimum atomic E-state index is -0.510. The van der Waals surface area contributed by atoms with Gasteiger partial charge in [0.2, 0.25) is 11.0 Å². The summed E-state index contributed by atoms with van der Waals surface area (Å²) in [6, 6.07) is 13.1. The minimum Gasteiger partial charge on any atom is -0.464 e. The lowest BCUT2D eigenvalue weighted by molar-refractivity contribution is -0.113. The average molecular weight is 487 g/mol. The highest BCUT2D eigenvalue weighted by Gasteiger charge is 2.24. The van der Waals surface area contributed by atoms with Crippen LogP contribution in [0.15, 0.2) is 62.9 Å². The second-order valence-electron chi connectivity index (χ2n) is 6.25. The van der Waals surface area contributed by atoms with Crippen LogP contribution in [-0.2, 0) is 9.53 Å². The van der Waals surface area contributed by atoms with Crippen LogP contribution in [-0.4, -0.2) is 34.4 Å². The number of hydrogen-bond donors (Lipinski definition) is 2. The van der Waals surface area contributed by atoms with Crippen molar-refractivity contribution in [3.05, 3.63) is 59.7 Å². The lowest BCUT2D eigenvalue weighted by Gasteiger charge is -2.07. The molecule has 0 aliphatic heterocycles. The van der Waals surface area contributed by atoms with Crippen molar-refractivity contribution in [1.82, 2.24) is 10.2 Å². The average Bonchev–Trinajstić information content (AvgIpc) is 3.54. The maximum atomic E-state index is 12.6. The predicted octanol–water partition coefficient (Wildman–Crippen LogP) is 5.51. The molecule has 0 spiro atoms. The summed E-state index contributed by atoms with van der Waals surface area (Å²) < 4.78 is 11.3. The molecule has 0 atom stereocenters. The molecule has 0 saturated carbocycles. The maximum absolute atomic E-state index is 12.6. The van der Waals surface area contributed by atoms with Crippen LogP contribution in [0.25, 0.3) is 11.3 Å². The zero-order valence-corrected chi connectivity index (χ0v) is 19.3. The number of hydrogen-bond acceptors (Lipinski definition) is 10. The molecule has 0 aliphatic rings. The van der Waals surface area contributed by atoms with Crippen molar-refractivity contribution < 1.29 is 18.7 Å². The first-order valence-electron chi connectivity index (χ1n) is 9.54. The number of benzene rings is 1. The van der Waals surface area contributed by atoms with E-state index in [1.807, 2.05) is 30.3 Å². The van der Waals surface area contributed by atoms with Crippen LogP contribution in [0.1, 0.15) is 17.3 Å². The van der Waals surface area contributed by atoms with Crippen molar-refractivity contribution in [1.29, 1.82) is 0 Å². The standard InChI is InChI=1S/C21H18N4O4S3/c1-2-28-19(27)17-14(15-9-6-10-29-15)11-30-18(17)23-16(26)12-31-21-25-24-20(32-21)22-13-7-4-3-5-8-13/h3-11H,2,12H2,1H3,(H,22,24)(H,23,26). The zero-order chi connectivity index (χ0) is 22.3. The molecule has 1 aromatic carbocycles. The van der Waals surface area contributed by atoms with Gasteiger partial charge in [0.15, 0.2) is 4.34 Å². The molecule has 4 rings (SSSR count). The second-order valence-corrected chi connectivity index (χ2v) is 9.33. The maximum Gasteiger partial charge on any atom is 0.341 e. The highest BCUT2D eigenvalue weighted by atomic mass is 32.2. The Morgan fingerprint density at radius 2 is 2.00 bits per heavy atom. The van der Waals surface area contributed by atoms with Gasteiger partial charge in [-0.05, 0) is 31.2 Å². The molecule has 2 N–H and O–H groups in total. The molecule has 0 radical (unpaired) electrons. The van der Waals surface area contributed by atoms with Gasteiger partial charge >= 0.3 is 5.97 Å². The van der Waals surface area contributed by atoms with Crippen molar-refractivity contribution in [3.63, 3.8) is 0 Å². The number of rotatable bonds is 9. The summed E-state index contributed by atoms with van der Waals surface area (Å²) in [5.74, 6) is -0.118. The van der Waals surface area contributed by atoms with Gasteiger partial charge in [-0.1, -0.05) is 41.3 Å². The van der Waals surface area contributed by atoms with Crippen LogP contribution in [0.4, 0.5) is 15.8 Å². The number of thiophene rings is 1. The van der Waals surface area contributed by atoms with Crippen molar-refractivity contribution in [2.24, 2.45) is 0 Å².